The summed E-state index contributed by atoms with van der Waals surface area (Å²) in [6, 6.07) is 0. The molecule has 0 heterocycles. The standard InChI is InChI=1S/C2H3F3O4S.Li.H/c3-2(4,5)1-9-10(6,7)8;;/h1H2,(H,6,7,8);;. The second kappa shape index (κ2) is 4.32. The number of hydrogen-bond donors (Lipinski definition) is 1. The van der Waals surface area contributed by atoms with E-state index < -0.39 is 23.2 Å². The summed E-state index contributed by atoms with van der Waals surface area (Å²) in [5.74, 6) is 0. The third-order valence-corrected chi connectivity index (χ3v) is 0.787. The molecule has 0 aromatic heterocycles. The minimum absolute atomic E-state index is 0. The van der Waals surface area contributed by atoms with Crippen LogP contribution in [-0.2, 0) is 14.6 Å². The van der Waals surface area contributed by atoms with Crippen LogP contribution in [0.25, 0.3) is 0 Å². The molecule has 0 aliphatic heterocycles. The van der Waals surface area contributed by atoms with Gasteiger partial charge in [-0.05, 0) is 0 Å². The number of hydrogen-bond acceptors (Lipinski definition) is 3. The maximum absolute atomic E-state index is 11.1. The predicted octanol–water partition coefficient (Wildman–Crippen LogP) is -0.280. The Labute approximate surface area is 72.8 Å². The van der Waals surface area contributed by atoms with E-state index in [1.54, 1.807) is 0 Å². The quantitative estimate of drug-likeness (QED) is 0.478. The molecule has 64 valence electrons. The van der Waals surface area contributed by atoms with Crippen LogP contribution in [0.5, 0.6) is 0 Å². The third-order valence-electron chi connectivity index (χ3n) is 0.372. The van der Waals surface area contributed by atoms with E-state index in [1.807, 2.05) is 0 Å². The Hall–Kier alpha value is 0.257. The van der Waals surface area contributed by atoms with Crippen molar-refractivity contribution in [3.05, 3.63) is 0 Å². The molecule has 0 rings (SSSR count). The van der Waals surface area contributed by atoms with Gasteiger partial charge in [0, 0.05) is 0 Å². The molecule has 0 radical (unpaired) electrons. The van der Waals surface area contributed by atoms with Crippen molar-refractivity contribution in [2.24, 2.45) is 0 Å². The van der Waals surface area contributed by atoms with Gasteiger partial charge in [-0.2, -0.15) is 21.6 Å². The van der Waals surface area contributed by atoms with Gasteiger partial charge in [0.1, 0.15) is 0 Å². The molecule has 0 fully saturated rings. The molecule has 0 aromatic carbocycles. The second-order valence-electron chi connectivity index (χ2n) is 1.31. The van der Waals surface area contributed by atoms with Crippen LogP contribution in [0.15, 0.2) is 0 Å². The average molecular weight is 188 g/mol. The SMILES string of the molecule is O=S(=O)(O)OCC(F)(F)F.[LiH]. The molecule has 9 heteroatoms. The van der Waals surface area contributed by atoms with E-state index in [2.05, 4.69) is 4.18 Å². The Bertz CT molecular complexity index is 196. The van der Waals surface area contributed by atoms with Crippen molar-refractivity contribution in [2.75, 3.05) is 6.61 Å². The topological polar surface area (TPSA) is 63.6 Å². The van der Waals surface area contributed by atoms with Gasteiger partial charge in [-0.25, -0.2) is 4.18 Å². The summed E-state index contributed by atoms with van der Waals surface area (Å²) in [7, 11) is -4.98. The van der Waals surface area contributed by atoms with Gasteiger partial charge >= 0.3 is 35.4 Å². The van der Waals surface area contributed by atoms with Crippen molar-refractivity contribution in [1.29, 1.82) is 0 Å². The summed E-state index contributed by atoms with van der Waals surface area (Å²) >= 11 is 0. The van der Waals surface area contributed by atoms with Gasteiger partial charge in [0.25, 0.3) is 0 Å². The molecular weight excluding hydrogens is 184 g/mol. The maximum atomic E-state index is 11.1. The zero-order valence-electron chi connectivity index (χ0n) is 4.42. The number of halogens is 3. The molecule has 0 saturated carbocycles. The van der Waals surface area contributed by atoms with Crippen molar-refractivity contribution in [3.8, 4) is 0 Å². The van der Waals surface area contributed by atoms with Crippen LogP contribution in [0.1, 0.15) is 0 Å². The van der Waals surface area contributed by atoms with Gasteiger partial charge in [0.15, 0.2) is 6.61 Å². The van der Waals surface area contributed by atoms with Gasteiger partial charge < -0.3 is 0 Å². The molecule has 1 N–H and O–H groups in total. The van der Waals surface area contributed by atoms with Crippen molar-refractivity contribution in [3.63, 3.8) is 0 Å². The Morgan fingerprint density at radius 1 is 1.36 bits per heavy atom. The molecule has 0 unspecified atom stereocenters. The Kier molecular flexibility index (Phi) is 5.43. The Morgan fingerprint density at radius 3 is 1.82 bits per heavy atom. The van der Waals surface area contributed by atoms with Crippen LogP contribution in [-0.4, -0.2) is 44.6 Å². The molecule has 0 saturated heterocycles. The predicted molar refractivity (Wildman–Crippen MR) is 30.7 cm³/mol. The van der Waals surface area contributed by atoms with E-state index in [0.717, 1.165) is 0 Å². The molecule has 0 aliphatic rings. The molecule has 4 nitrogen and oxygen atoms in total. The van der Waals surface area contributed by atoms with E-state index in [-0.39, 0.29) is 18.9 Å². The summed E-state index contributed by atoms with van der Waals surface area (Å²) in [6.07, 6.45) is -4.75. The normalized spacial score (nSPS) is 12.4. The molecule has 0 aliphatic carbocycles. The summed E-state index contributed by atoms with van der Waals surface area (Å²) in [5, 5.41) is 0. The summed E-state index contributed by atoms with van der Waals surface area (Å²) in [5.41, 5.74) is 0. The van der Waals surface area contributed by atoms with Gasteiger partial charge in [0.05, 0.1) is 0 Å². The van der Waals surface area contributed by atoms with Crippen LogP contribution < -0.4 is 0 Å². The molecule has 0 spiro atoms. The van der Waals surface area contributed by atoms with Gasteiger partial charge in [0.2, 0.25) is 0 Å². The van der Waals surface area contributed by atoms with Gasteiger partial charge in [-0.3, -0.25) is 4.55 Å². The van der Waals surface area contributed by atoms with E-state index >= 15 is 0 Å². The zero-order chi connectivity index (χ0) is 8.41. The zero-order valence-corrected chi connectivity index (χ0v) is 5.24. The summed E-state index contributed by atoms with van der Waals surface area (Å²) in [6.45, 7) is -2.01. The van der Waals surface area contributed by atoms with Crippen LogP contribution in [0, 0.1) is 0 Å². The van der Waals surface area contributed by atoms with Crippen LogP contribution in [0.3, 0.4) is 0 Å². The van der Waals surface area contributed by atoms with E-state index in [9.17, 15) is 21.6 Å². The van der Waals surface area contributed by atoms with E-state index in [0.29, 0.717) is 0 Å². The fourth-order valence-electron chi connectivity index (χ4n) is 0.141. The van der Waals surface area contributed by atoms with Gasteiger partial charge in [-0.15, -0.1) is 0 Å². The van der Waals surface area contributed by atoms with Crippen molar-refractivity contribution < 1.29 is 30.3 Å². The fourth-order valence-corrected chi connectivity index (χ4v) is 0.424. The first-order valence-corrected chi connectivity index (χ1v) is 3.26. The van der Waals surface area contributed by atoms with E-state index in [4.69, 9.17) is 4.55 Å². The first kappa shape index (κ1) is 13.8. The monoisotopic (exact) mass is 188 g/mol. The van der Waals surface area contributed by atoms with Crippen molar-refractivity contribution in [2.45, 2.75) is 6.18 Å². The van der Waals surface area contributed by atoms with Gasteiger partial charge in [-0.1, -0.05) is 0 Å². The molecular formula is C2H4F3LiO4S. The first-order chi connectivity index (χ1) is 4.21. The fraction of sp³-hybridized carbons (Fsp3) is 1.00. The van der Waals surface area contributed by atoms with Crippen LogP contribution >= 0.6 is 0 Å². The van der Waals surface area contributed by atoms with Crippen LogP contribution in [0.4, 0.5) is 13.2 Å². The van der Waals surface area contributed by atoms with Crippen LogP contribution in [0.2, 0.25) is 0 Å². The molecule has 0 aromatic rings. The number of rotatable bonds is 2. The first-order valence-electron chi connectivity index (χ1n) is 1.89. The van der Waals surface area contributed by atoms with Crippen molar-refractivity contribution >= 4 is 29.3 Å². The molecule has 0 atom stereocenters. The summed E-state index contributed by atoms with van der Waals surface area (Å²) in [4.78, 5) is 0. The van der Waals surface area contributed by atoms with E-state index in [1.165, 1.54) is 0 Å². The van der Waals surface area contributed by atoms with Crippen molar-refractivity contribution in [1.82, 2.24) is 0 Å². The summed E-state index contributed by atoms with van der Waals surface area (Å²) < 4.78 is 62.9. The molecule has 0 amide bonds. The average Bonchev–Trinajstić information content (AvgIpc) is 1.57. The molecule has 11 heavy (non-hydrogen) atoms. The second-order valence-corrected chi connectivity index (χ2v) is 2.40. The number of alkyl halides is 3. The molecule has 0 bridgehead atoms. The Morgan fingerprint density at radius 2 is 1.73 bits per heavy atom. The Balaban J connectivity index is 0. The third kappa shape index (κ3) is 13.3. The minimum atomic E-state index is -4.98.